The Morgan fingerprint density at radius 3 is 2.10 bits per heavy atom. The fraction of sp³-hybridized carbons (Fsp3) is 0.684. The van der Waals surface area contributed by atoms with Crippen LogP contribution in [-0.2, 0) is 5.41 Å². The Morgan fingerprint density at radius 1 is 1.05 bits per heavy atom. The first-order valence-electron chi connectivity index (χ1n) is 8.09. The van der Waals surface area contributed by atoms with Crippen molar-refractivity contribution in [1.82, 2.24) is 5.32 Å². The van der Waals surface area contributed by atoms with Gasteiger partial charge in [-0.3, -0.25) is 0 Å². The average Bonchev–Trinajstić information content (AvgIpc) is 2.37. The number of aliphatic hydroxyl groups excluding tert-OH is 1. The van der Waals surface area contributed by atoms with Crippen molar-refractivity contribution in [2.45, 2.75) is 71.9 Å². The van der Waals surface area contributed by atoms with E-state index < -0.39 is 0 Å². The molecular weight excluding hydrogens is 258 g/mol. The molecule has 0 fully saturated rings. The largest absolute Gasteiger partial charge is 0.396 e. The first-order chi connectivity index (χ1) is 9.66. The van der Waals surface area contributed by atoms with Crippen LogP contribution in [0, 0.1) is 5.41 Å². The van der Waals surface area contributed by atoms with E-state index in [0.717, 1.165) is 12.8 Å². The second kappa shape index (κ2) is 7.42. The SMILES string of the molecule is CC(CC(C)(C)c1ccccc1)NC(CCO)C(C)(C)C. The molecule has 0 aliphatic heterocycles. The second-order valence-corrected chi connectivity index (χ2v) is 7.95. The maximum atomic E-state index is 9.28. The first kappa shape index (κ1) is 18.2. The molecule has 2 N–H and O–H groups in total. The molecule has 2 nitrogen and oxygen atoms in total. The molecule has 120 valence electrons. The summed E-state index contributed by atoms with van der Waals surface area (Å²) < 4.78 is 0. The van der Waals surface area contributed by atoms with Crippen molar-refractivity contribution in [1.29, 1.82) is 0 Å². The molecule has 1 aromatic rings. The minimum absolute atomic E-state index is 0.148. The third kappa shape index (κ3) is 5.80. The lowest BCUT2D eigenvalue weighted by molar-refractivity contribution is 0.181. The molecule has 2 unspecified atom stereocenters. The molecule has 1 aromatic carbocycles. The highest BCUT2D eigenvalue weighted by atomic mass is 16.3. The van der Waals surface area contributed by atoms with Crippen molar-refractivity contribution in [2.75, 3.05) is 6.61 Å². The molecule has 0 heterocycles. The number of aliphatic hydroxyl groups is 1. The van der Waals surface area contributed by atoms with Crippen LogP contribution >= 0.6 is 0 Å². The number of hydrogen-bond acceptors (Lipinski definition) is 2. The highest BCUT2D eigenvalue weighted by molar-refractivity contribution is 5.23. The van der Waals surface area contributed by atoms with E-state index in [1.54, 1.807) is 0 Å². The van der Waals surface area contributed by atoms with Crippen LogP contribution in [0.1, 0.15) is 59.9 Å². The van der Waals surface area contributed by atoms with Gasteiger partial charge >= 0.3 is 0 Å². The minimum atomic E-state index is 0.148. The van der Waals surface area contributed by atoms with Crippen LogP contribution in [0.25, 0.3) is 0 Å². The molecule has 2 atom stereocenters. The zero-order chi connectivity index (χ0) is 16.1. The van der Waals surface area contributed by atoms with Gasteiger partial charge in [-0.2, -0.15) is 0 Å². The van der Waals surface area contributed by atoms with E-state index >= 15 is 0 Å². The van der Waals surface area contributed by atoms with Crippen LogP contribution in [0.3, 0.4) is 0 Å². The first-order valence-corrected chi connectivity index (χ1v) is 8.09. The summed E-state index contributed by atoms with van der Waals surface area (Å²) in [5.74, 6) is 0. The van der Waals surface area contributed by atoms with Gasteiger partial charge in [0.05, 0.1) is 0 Å². The van der Waals surface area contributed by atoms with Gasteiger partial charge in [-0.1, -0.05) is 65.0 Å². The van der Waals surface area contributed by atoms with E-state index in [1.165, 1.54) is 5.56 Å². The summed E-state index contributed by atoms with van der Waals surface area (Å²) in [7, 11) is 0. The topological polar surface area (TPSA) is 32.3 Å². The lowest BCUT2D eigenvalue weighted by atomic mass is 9.78. The van der Waals surface area contributed by atoms with Crippen LogP contribution in [0.15, 0.2) is 30.3 Å². The molecular formula is C19H33NO. The Morgan fingerprint density at radius 2 is 1.62 bits per heavy atom. The van der Waals surface area contributed by atoms with Crippen LogP contribution < -0.4 is 5.32 Å². The third-order valence-electron chi connectivity index (χ3n) is 4.32. The van der Waals surface area contributed by atoms with E-state index in [0.29, 0.717) is 12.1 Å². The number of benzene rings is 1. The maximum Gasteiger partial charge on any atom is 0.0446 e. The van der Waals surface area contributed by atoms with E-state index in [-0.39, 0.29) is 17.4 Å². The van der Waals surface area contributed by atoms with Crippen molar-refractivity contribution in [2.24, 2.45) is 5.41 Å². The Kier molecular flexibility index (Phi) is 6.42. The second-order valence-electron chi connectivity index (χ2n) is 7.95. The summed E-state index contributed by atoms with van der Waals surface area (Å²) in [6, 6.07) is 11.5. The standard InChI is InChI=1S/C19H33NO/c1-15(20-17(12-13-21)18(2,3)4)14-19(5,6)16-10-8-7-9-11-16/h7-11,15,17,20-21H,12-14H2,1-6H3. The summed E-state index contributed by atoms with van der Waals surface area (Å²) in [4.78, 5) is 0. The Hall–Kier alpha value is -0.860. The van der Waals surface area contributed by atoms with Crippen molar-refractivity contribution in [3.8, 4) is 0 Å². The predicted octanol–water partition coefficient (Wildman–Crippen LogP) is 4.13. The number of hydrogen-bond donors (Lipinski definition) is 2. The van der Waals surface area contributed by atoms with E-state index in [4.69, 9.17) is 0 Å². The minimum Gasteiger partial charge on any atom is -0.396 e. The van der Waals surface area contributed by atoms with Gasteiger partial charge in [0.1, 0.15) is 0 Å². The molecule has 0 saturated heterocycles. The normalized spacial score (nSPS) is 15.8. The number of nitrogens with one attached hydrogen (secondary N) is 1. The van der Waals surface area contributed by atoms with Gasteiger partial charge in [-0.25, -0.2) is 0 Å². The molecule has 0 aliphatic rings. The zero-order valence-corrected chi connectivity index (χ0v) is 14.6. The molecule has 0 aromatic heterocycles. The summed E-state index contributed by atoms with van der Waals surface area (Å²) in [5.41, 5.74) is 1.69. The Bertz CT molecular complexity index is 405. The molecule has 0 radical (unpaired) electrons. The van der Waals surface area contributed by atoms with Crippen LogP contribution in [0.2, 0.25) is 0 Å². The Labute approximate surface area is 131 Å². The van der Waals surface area contributed by atoms with Gasteiger partial charge in [-0.05, 0) is 36.2 Å². The molecule has 0 spiro atoms. The fourth-order valence-electron chi connectivity index (χ4n) is 3.07. The van der Waals surface area contributed by atoms with Crippen LogP contribution in [0.5, 0.6) is 0 Å². The number of rotatable bonds is 7. The molecule has 0 saturated carbocycles. The van der Waals surface area contributed by atoms with Crippen molar-refractivity contribution >= 4 is 0 Å². The summed E-state index contributed by atoms with van der Waals surface area (Å²) >= 11 is 0. The molecule has 0 amide bonds. The van der Waals surface area contributed by atoms with Gasteiger partial charge < -0.3 is 10.4 Å². The smallest absolute Gasteiger partial charge is 0.0446 e. The van der Waals surface area contributed by atoms with Gasteiger partial charge in [0, 0.05) is 18.7 Å². The molecule has 0 bridgehead atoms. The fourth-order valence-corrected chi connectivity index (χ4v) is 3.07. The molecule has 2 heteroatoms. The van der Waals surface area contributed by atoms with Gasteiger partial charge in [0.15, 0.2) is 0 Å². The highest BCUT2D eigenvalue weighted by Gasteiger charge is 2.28. The van der Waals surface area contributed by atoms with Crippen molar-refractivity contribution < 1.29 is 5.11 Å². The van der Waals surface area contributed by atoms with Gasteiger partial charge in [-0.15, -0.1) is 0 Å². The molecule has 1 rings (SSSR count). The highest BCUT2D eigenvalue weighted by Crippen LogP contribution is 2.29. The van der Waals surface area contributed by atoms with E-state index in [9.17, 15) is 5.11 Å². The molecule has 0 aliphatic carbocycles. The lowest BCUT2D eigenvalue weighted by Gasteiger charge is -2.36. The molecule has 21 heavy (non-hydrogen) atoms. The van der Waals surface area contributed by atoms with Crippen LogP contribution in [-0.4, -0.2) is 23.8 Å². The van der Waals surface area contributed by atoms with E-state index in [1.807, 2.05) is 0 Å². The van der Waals surface area contributed by atoms with Crippen LogP contribution in [0.4, 0.5) is 0 Å². The zero-order valence-electron chi connectivity index (χ0n) is 14.6. The quantitative estimate of drug-likeness (QED) is 0.791. The summed E-state index contributed by atoms with van der Waals surface area (Å²) in [6.45, 7) is 13.8. The Balaban J connectivity index is 2.69. The summed E-state index contributed by atoms with van der Waals surface area (Å²) in [6.07, 6.45) is 1.88. The van der Waals surface area contributed by atoms with E-state index in [2.05, 4.69) is 77.2 Å². The maximum absolute atomic E-state index is 9.28. The monoisotopic (exact) mass is 291 g/mol. The average molecular weight is 291 g/mol. The van der Waals surface area contributed by atoms with Crippen molar-refractivity contribution in [3.63, 3.8) is 0 Å². The van der Waals surface area contributed by atoms with Gasteiger partial charge in [0.25, 0.3) is 0 Å². The predicted molar refractivity (Wildman–Crippen MR) is 91.6 cm³/mol. The van der Waals surface area contributed by atoms with Crippen molar-refractivity contribution in [3.05, 3.63) is 35.9 Å². The summed E-state index contributed by atoms with van der Waals surface area (Å²) in [5, 5.41) is 13.0. The van der Waals surface area contributed by atoms with Gasteiger partial charge in [0.2, 0.25) is 0 Å². The third-order valence-corrected chi connectivity index (χ3v) is 4.32. The lowest BCUT2D eigenvalue weighted by Crippen LogP contribution is -2.47.